The second-order valence-corrected chi connectivity index (χ2v) is 8.01. The predicted octanol–water partition coefficient (Wildman–Crippen LogP) is 2.22. The molecule has 4 N–H and O–H groups in total. The van der Waals surface area contributed by atoms with Gasteiger partial charge in [0, 0.05) is 43.2 Å². The fourth-order valence-electron chi connectivity index (χ4n) is 3.48. The number of amides is 1. The molecule has 0 spiro atoms. The number of para-hydroxylation sites is 1. The van der Waals surface area contributed by atoms with Crippen LogP contribution >= 0.6 is 0 Å². The normalized spacial score (nSPS) is 11.7. The fourth-order valence-corrected chi connectivity index (χ4v) is 3.48. The van der Waals surface area contributed by atoms with E-state index >= 15 is 0 Å². The Morgan fingerprint density at radius 3 is 2.60 bits per heavy atom. The number of aromatic amines is 1. The Hall–Kier alpha value is -4.54. The van der Waals surface area contributed by atoms with Crippen molar-refractivity contribution in [2.45, 2.75) is 19.1 Å². The number of halogens is 1. The lowest BCUT2D eigenvalue weighted by atomic mass is 10.0. The summed E-state index contributed by atoms with van der Waals surface area (Å²) in [5, 5.41) is 3.62. The number of nitrogens with zero attached hydrogens (tertiary/aromatic N) is 4. The minimum Gasteiger partial charge on any atom is -0.456 e. The minimum absolute atomic E-state index is 0.00490. The first-order chi connectivity index (χ1) is 16.8. The maximum absolute atomic E-state index is 13.3. The van der Waals surface area contributed by atoms with E-state index in [1.165, 1.54) is 24.3 Å². The van der Waals surface area contributed by atoms with Gasteiger partial charge in [0.15, 0.2) is 12.4 Å². The number of H-pyrrole nitrogens is 1. The van der Waals surface area contributed by atoms with E-state index in [4.69, 9.17) is 10.5 Å². The molecule has 0 unspecified atom stereocenters. The highest BCUT2D eigenvalue weighted by atomic mass is 19.1. The van der Waals surface area contributed by atoms with Crippen LogP contribution in [0.25, 0.3) is 10.9 Å². The molecule has 2 aromatic carbocycles. The van der Waals surface area contributed by atoms with Crippen molar-refractivity contribution in [1.29, 1.82) is 0 Å². The van der Waals surface area contributed by atoms with Crippen LogP contribution in [0.15, 0.2) is 54.7 Å². The van der Waals surface area contributed by atoms with Gasteiger partial charge >= 0.3 is 5.97 Å². The summed E-state index contributed by atoms with van der Waals surface area (Å²) in [5.74, 6) is -1.20. The van der Waals surface area contributed by atoms with E-state index in [1.54, 1.807) is 25.2 Å². The van der Waals surface area contributed by atoms with E-state index in [0.29, 0.717) is 5.95 Å². The number of aromatic nitrogens is 4. The van der Waals surface area contributed by atoms with Gasteiger partial charge in [-0.05, 0) is 35.9 Å². The van der Waals surface area contributed by atoms with Gasteiger partial charge < -0.3 is 25.7 Å². The molecule has 11 heteroatoms. The van der Waals surface area contributed by atoms with Crippen molar-refractivity contribution in [3.05, 3.63) is 77.5 Å². The Morgan fingerprint density at radius 1 is 1.11 bits per heavy atom. The Bertz CT molecular complexity index is 1360. The van der Waals surface area contributed by atoms with Gasteiger partial charge in [0.25, 0.3) is 5.91 Å². The van der Waals surface area contributed by atoms with Crippen LogP contribution in [0.1, 0.15) is 21.7 Å². The number of hydrogen-bond donors (Lipinski definition) is 3. The molecule has 2 heterocycles. The smallest absolute Gasteiger partial charge is 0.329 e. The Labute approximate surface area is 200 Å². The molecule has 0 fully saturated rings. The summed E-state index contributed by atoms with van der Waals surface area (Å²) in [7, 11) is 3.49. The second-order valence-electron chi connectivity index (χ2n) is 8.01. The number of esters is 1. The topological polar surface area (TPSA) is 139 Å². The molecule has 0 saturated carbocycles. The third-order valence-corrected chi connectivity index (χ3v) is 5.23. The molecule has 1 amide bonds. The molecule has 2 aromatic heterocycles. The van der Waals surface area contributed by atoms with Gasteiger partial charge in [0.05, 0.1) is 0 Å². The quantitative estimate of drug-likeness (QED) is 0.328. The van der Waals surface area contributed by atoms with Gasteiger partial charge in [-0.1, -0.05) is 18.2 Å². The van der Waals surface area contributed by atoms with Crippen molar-refractivity contribution >= 4 is 34.7 Å². The lowest BCUT2D eigenvalue weighted by Gasteiger charge is -2.18. The van der Waals surface area contributed by atoms with E-state index in [1.807, 2.05) is 24.3 Å². The number of hydrogen-bond acceptors (Lipinski definition) is 8. The van der Waals surface area contributed by atoms with Gasteiger partial charge in [0.1, 0.15) is 11.9 Å². The number of nitrogen functional groups attached to an aromatic ring is 1. The zero-order valence-electron chi connectivity index (χ0n) is 19.2. The first kappa shape index (κ1) is 23.6. The predicted molar refractivity (Wildman–Crippen MR) is 128 cm³/mol. The van der Waals surface area contributed by atoms with Crippen LogP contribution in [-0.4, -0.2) is 51.9 Å². The molecule has 10 nitrogen and oxygen atoms in total. The SMILES string of the molecule is CN(C)c1nc(N)nc(COC(=O)[C@H](Cc2c[nH]c3ccccc23)NC(=O)c2ccc(F)cc2)n1. The van der Waals surface area contributed by atoms with Crippen LogP contribution in [0.2, 0.25) is 0 Å². The average Bonchev–Trinajstić information content (AvgIpc) is 3.25. The van der Waals surface area contributed by atoms with E-state index in [9.17, 15) is 14.0 Å². The van der Waals surface area contributed by atoms with E-state index in [0.717, 1.165) is 16.5 Å². The highest BCUT2D eigenvalue weighted by Crippen LogP contribution is 2.20. The summed E-state index contributed by atoms with van der Waals surface area (Å²) in [6, 6.07) is 11.6. The molecule has 0 aliphatic carbocycles. The Morgan fingerprint density at radius 2 is 1.86 bits per heavy atom. The molecule has 0 aliphatic rings. The van der Waals surface area contributed by atoms with E-state index < -0.39 is 23.7 Å². The number of nitrogens with two attached hydrogens (primary N) is 1. The Balaban J connectivity index is 1.54. The molecule has 4 aromatic rings. The van der Waals surface area contributed by atoms with Gasteiger partial charge in [-0.3, -0.25) is 4.79 Å². The number of rotatable bonds is 8. The summed E-state index contributed by atoms with van der Waals surface area (Å²) in [6.07, 6.45) is 1.95. The summed E-state index contributed by atoms with van der Waals surface area (Å²) in [6.45, 7) is -0.261. The maximum atomic E-state index is 13.3. The molecule has 0 aliphatic heterocycles. The molecule has 180 valence electrons. The monoisotopic (exact) mass is 477 g/mol. The summed E-state index contributed by atoms with van der Waals surface area (Å²) < 4.78 is 18.7. The second kappa shape index (κ2) is 10.2. The van der Waals surface area contributed by atoms with Crippen LogP contribution < -0.4 is 16.0 Å². The summed E-state index contributed by atoms with van der Waals surface area (Å²) in [5.41, 5.74) is 7.66. The first-order valence-electron chi connectivity index (χ1n) is 10.8. The molecule has 1 atom stereocenters. The molecular formula is C24H24FN7O3. The zero-order valence-corrected chi connectivity index (χ0v) is 19.2. The number of carbonyl (C=O) groups excluding carboxylic acids is 2. The maximum Gasteiger partial charge on any atom is 0.329 e. The van der Waals surface area contributed by atoms with Gasteiger partial charge in [-0.15, -0.1) is 0 Å². The number of benzene rings is 2. The molecule has 0 radical (unpaired) electrons. The number of carbonyl (C=O) groups is 2. The number of ether oxygens (including phenoxy) is 1. The van der Waals surface area contributed by atoms with Crippen molar-refractivity contribution in [3.63, 3.8) is 0 Å². The van der Waals surface area contributed by atoms with Crippen LogP contribution in [-0.2, 0) is 22.6 Å². The third-order valence-electron chi connectivity index (χ3n) is 5.23. The van der Waals surface area contributed by atoms with Crippen LogP contribution in [0.3, 0.4) is 0 Å². The lowest BCUT2D eigenvalue weighted by Crippen LogP contribution is -2.43. The first-order valence-corrected chi connectivity index (χ1v) is 10.8. The van der Waals surface area contributed by atoms with Crippen molar-refractivity contribution in [2.75, 3.05) is 24.7 Å². The van der Waals surface area contributed by atoms with Crippen molar-refractivity contribution in [2.24, 2.45) is 0 Å². The highest BCUT2D eigenvalue weighted by Gasteiger charge is 2.25. The fraction of sp³-hybridized carbons (Fsp3) is 0.208. The van der Waals surface area contributed by atoms with E-state index in [2.05, 4.69) is 25.3 Å². The standard InChI is InChI=1S/C24H24FN7O3/c1-32(2)24-30-20(29-23(26)31-24)13-35-22(34)19(28-21(33)14-7-9-16(25)10-8-14)11-15-12-27-18-6-4-3-5-17(15)18/h3-10,12,19,27H,11,13H2,1-2H3,(H,28,33)(H2,26,29,30,31)/t19-/m0/s1. The number of anilines is 2. The summed E-state index contributed by atoms with van der Waals surface area (Å²) >= 11 is 0. The van der Waals surface area contributed by atoms with E-state index in [-0.39, 0.29) is 30.4 Å². The summed E-state index contributed by atoms with van der Waals surface area (Å²) in [4.78, 5) is 42.9. The van der Waals surface area contributed by atoms with Crippen LogP contribution in [0.5, 0.6) is 0 Å². The van der Waals surface area contributed by atoms with Gasteiger partial charge in [0.2, 0.25) is 11.9 Å². The molecule has 0 saturated heterocycles. The van der Waals surface area contributed by atoms with Crippen LogP contribution in [0, 0.1) is 5.82 Å². The van der Waals surface area contributed by atoms with Gasteiger partial charge in [-0.25, -0.2) is 9.18 Å². The van der Waals surface area contributed by atoms with Crippen molar-refractivity contribution in [1.82, 2.24) is 25.3 Å². The number of fused-ring (bicyclic) bond motifs is 1. The average molecular weight is 478 g/mol. The lowest BCUT2D eigenvalue weighted by molar-refractivity contribution is -0.147. The highest BCUT2D eigenvalue weighted by molar-refractivity contribution is 5.97. The molecule has 4 rings (SSSR count). The van der Waals surface area contributed by atoms with Crippen molar-refractivity contribution in [3.8, 4) is 0 Å². The largest absolute Gasteiger partial charge is 0.456 e. The van der Waals surface area contributed by atoms with Gasteiger partial charge in [-0.2, -0.15) is 15.0 Å². The molecule has 35 heavy (non-hydrogen) atoms. The number of nitrogens with one attached hydrogen (secondary N) is 2. The molecular weight excluding hydrogens is 453 g/mol. The third kappa shape index (κ3) is 5.69. The minimum atomic E-state index is -1.03. The zero-order chi connectivity index (χ0) is 24.9. The van der Waals surface area contributed by atoms with Crippen LogP contribution in [0.4, 0.5) is 16.3 Å². The van der Waals surface area contributed by atoms with Crippen molar-refractivity contribution < 1.29 is 18.7 Å². The molecule has 0 bridgehead atoms. The Kier molecular flexibility index (Phi) is 6.86.